The van der Waals surface area contributed by atoms with Gasteiger partial charge in [-0.15, -0.1) is 0 Å². The van der Waals surface area contributed by atoms with Crippen molar-refractivity contribution in [3.05, 3.63) is 29.1 Å². The number of aromatic carboxylic acids is 1. The number of amides is 1. The fourth-order valence-electron chi connectivity index (χ4n) is 5.00. The minimum Gasteiger partial charge on any atom is -0.545 e. The first kappa shape index (κ1) is 36.2. The van der Waals surface area contributed by atoms with Crippen LogP contribution in [0.4, 0.5) is 0 Å². The number of carbonyl (C=O) groups excluding carboxylic acids is 2. The van der Waals surface area contributed by atoms with Gasteiger partial charge in [-0.1, -0.05) is 67.2 Å². The fourth-order valence-corrected chi connectivity index (χ4v) is 5.00. The highest BCUT2D eigenvalue weighted by Crippen LogP contribution is 2.32. The number of pyridine rings is 1. The smallest absolute Gasteiger partial charge is 0.269 e. The molecule has 1 aromatic rings. The minimum absolute atomic E-state index is 0.0749. The van der Waals surface area contributed by atoms with Gasteiger partial charge in [0.1, 0.15) is 11.2 Å². The molecule has 9 nitrogen and oxygen atoms in total. The summed E-state index contributed by atoms with van der Waals surface area (Å²) in [6.07, 6.45) is 14.2. The quantitative estimate of drug-likeness (QED) is 0.190. The number of hydrogen-bond donors (Lipinski definition) is 0. The third-order valence-corrected chi connectivity index (χ3v) is 8.04. The van der Waals surface area contributed by atoms with Gasteiger partial charge >= 0.3 is 0 Å². The molecule has 0 radical (unpaired) electrons. The van der Waals surface area contributed by atoms with E-state index in [0.717, 1.165) is 4.90 Å². The molecule has 1 aromatic heterocycles. The standard InChI is InChI=1S/C16H18N4O4.C16H36N/c1-9(2)16(3)15(23)20(8-17)13(19-16)12-11(14(21)22)5-10(6-18-12)7-24-4;1-5-9-13-17(14-10-6-2,15-11-7-3)16-12-8-4/h5-6,9H,7H2,1-4H3,(H,21,22);5-16H2,1-4H3/q;+1/p-1. The first-order valence-electron chi connectivity index (χ1n) is 15.4. The summed E-state index contributed by atoms with van der Waals surface area (Å²) in [5.74, 6) is -2.25. The molecule has 0 fully saturated rings. The molecule has 1 unspecified atom stereocenters. The van der Waals surface area contributed by atoms with Gasteiger partial charge in [-0.3, -0.25) is 9.78 Å². The normalized spacial score (nSPS) is 16.8. The average molecular weight is 572 g/mol. The Morgan fingerprint density at radius 1 is 1.05 bits per heavy atom. The number of carboxylic acid groups (broad SMARTS) is 1. The molecule has 0 bridgehead atoms. The van der Waals surface area contributed by atoms with Crippen LogP contribution in [0.3, 0.4) is 0 Å². The van der Waals surface area contributed by atoms with Crippen LogP contribution in [-0.2, 0) is 16.1 Å². The second kappa shape index (κ2) is 17.9. The van der Waals surface area contributed by atoms with Crippen molar-refractivity contribution in [3.8, 4) is 6.19 Å². The van der Waals surface area contributed by atoms with E-state index in [9.17, 15) is 20.0 Å². The molecule has 9 heteroatoms. The summed E-state index contributed by atoms with van der Waals surface area (Å²) in [4.78, 5) is 33.2. The topological polar surface area (TPSA) is 119 Å². The summed E-state index contributed by atoms with van der Waals surface area (Å²) in [7, 11) is 1.47. The summed E-state index contributed by atoms with van der Waals surface area (Å²) in [5, 5.41) is 20.8. The molecule has 0 aromatic carbocycles. The second-order valence-corrected chi connectivity index (χ2v) is 11.6. The monoisotopic (exact) mass is 571 g/mol. The van der Waals surface area contributed by atoms with E-state index in [4.69, 9.17) is 4.74 Å². The summed E-state index contributed by atoms with van der Waals surface area (Å²) < 4.78 is 6.37. The lowest BCUT2D eigenvalue weighted by Gasteiger charge is -2.39. The Labute approximate surface area is 248 Å². The Balaban J connectivity index is 0.000000438. The van der Waals surface area contributed by atoms with Crippen LogP contribution in [0.15, 0.2) is 17.3 Å². The van der Waals surface area contributed by atoms with Gasteiger partial charge in [-0.05, 0) is 50.2 Å². The maximum atomic E-state index is 12.5. The maximum Gasteiger partial charge on any atom is 0.269 e. The average Bonchev–Trinajstić information content (AvgIpc) is 3.23. The second-order valence-electron chi connectivity index (χ2n) is 11.6. The summed E-state index contributed by atoms with van der Waals surface area (Å²) in [6.45, 7) is 20.4. The van der Waals surface area contributed by atoms with Crippen LogP contribution in [0.5, 0.6) is 0 Å². The molecule has 2 heterocycles. The molecule has 2 rings (SSSR count). The molecular weight excluding hydrogens is 518 g/mol. The van der Waals surface area contributed by atoms with Crippen LogP contribution < -0.4 is 5.11 Å². The maximum absolute atomic E-state index is 12.5. The predicted octanol–water partition coefficient (Wildman–Crippen LogP) is 5.08. The number of ether oxygens (including phenoxy) is 1. The van der Waals surface area contributed by atoms with Crippen molar-refractivity contribution in [1.29, 1.82) is 5.26 Å². The zero-order chi connectivity index (χ0) is 31.1. The largest absolute Gasteiger partial charge is 0.545 e. The number of nitrogens with zero attached hydrogens (tertiary/aromatic N) is 5. The number of methoxy groups -OCH3 is 1. The Kier molecular flexibility index (Phi) is 15.8. The minimum atomic E-state index is -1.47. The highest BCUT2D eigenvalue weighted by molar-refractivity contribution is 6.18. The molecule has 0 aliphatic carbocycles. The van der Waals surface area contributed by atoms with E-state index in [1.165, 1.54) is 101 Å². The SMILES string of the molecule is CCCC[N+](CCCC)(CCCC)CCCC.COCc1cnc(C2=NC(C)(C(C)C)C(=O)N2C#N)c(C(=O)[O-])c1. The lowest BCUT2D eigenvalue weighted by Crippen LogP contribution is -2.50. The first-order valence-corrected chi connectivity index (χ1v) is 15.4. The van der Waals surface area contributed by atoms with Crippen LogP contribution in [0.1, 0.15) is 121 Å². The number of hydrogen-bond acceptors (Lipinski definition) is 7. The van der Waals surface area contributed by atoms with Crippen LogP contribution in [0.25, 0.3) is 0 Å². The van der Waals surface area contributed by atoms with Gasteiger partial charge in [-0.2, -0.15) is 10.2 Å². The van der Waals surface area contributed by atoms with Crippen LogP contribution in [-0.4, -0.2) is 70.9 Å². The van der Waals surface area contributed by atoms with E-state index >= 15 is 0 Å². The van der Waals surface area contributed by atoms with E-state index in [1.54, 1.807) is 27.0 Å². The van der Waals surface area contributed by atoms with Gasteiger partial charge in [0.15, 0.2) is 12.0 Å². The van der Waals surface area contributed by atoms with E-state index < -0.39 is 17.4 Å². The van der Waals surface area contributed by atoms with Crippen molar-refractivity contribution in [2.24, 2.45) is 10.9 Å². The number of rotatable bonds is 17. The highest BCUT2D eigenvalue weighted by Gasteiger charge is 2.48. The number of aliphatic imine (C=N–C) groups is 1. The van der Waals surface area contributed by atoms with Crippen molar-refractivity contribution in [3.63, 3.8) is 0 Å². The summed E-state index contributed by atoms with van der Waals surface area (Å²) in [6, 6.07) is 1.34. The van der Waals surface area contributed by atoms with E-state index in [2.05, 4.69) is 37.7 Å². The Bertz CT molecular complexity index is 1010. The lowest BCUT2D eigenvalue weighted by molar-refractivity contribution is -0.929. The zero-order valence-electron chi connectivity index (χ0n) is 26.8. The van der Waals surface area contributed by atoms with Gasteiger partial charge in [0.2, 0.25) is 0 Å². The van der Waals surface area contributed by atoms with Gasteiger partial charge in [-0.25, -0.2) is 4.99 Å². The molecule has 1 aliphatic rings. The van der Waals surface area contributed by atoms with Gasteiger partial charge in [0.05, 0.1) is 38.8 Å². The predicted molar refractivity (Wildman–Crippen MR) is 161 cm³/mol. The lowest BCUT2D eigenvalue weighted by atomic mass is 9.89. The number of quaternary nitrogens is 1. The van der Waals surface area contributed by atoms with E-state index in [0.29, 0.717) is 5.56 Å². The number of carbonyl (C=O) groups is 2. The number of carboxylic acids is 1. The molecule has 1 atom stereocenters. The Morgan fingerprint density at radius 2 is 1.54 bits per heavy atom. The van der Waals surface area contributed by atoms with Crippen LogP contribution >= 0.6 is 0 Å². The number of amidine groups is 1. The van der Waals surface area contributed by atoms with E-state index in [-0.39, 0.29) is 29.6 Å². The zero-order valence-corrected chi connectivity index (χ0v) is 26.8. The molecule has 0 saturated heterocycles. The molecular formula is C32H53N5O4. The van der Waals surface area contributed by atoms with Crippen molar-refractivity contribution in [2.45, 2.75) is 112 Å². The summed E-state index contributed by atoms with van der Waals surface area (Å²) in [5.41, 5.74) is -0.944. The van der Waals surface area contributed by atoms with Gasteiger partial charge < -0.3 is 19.1 Å². The number of aromatic nitrogens is 1. The van der Waals surface area contributed by atoms with E-state index in [1.807, 2.05) is 0 Å². The van der Waals surface area contributed by atoms with Crippen molar-refractivity contribution in [2.75, 3.05) is 33.3 Å². The fraction of sp³-hybridized carbons (Fsp3) is 0.719. The van der Waals surface area contributed by atoms with Gasteiger partial charge in [0, 0.05) is 18.9 Å². The Morgan fingerprint density at radius 3 is 1.90 bits per heavy atom. The molecule has 41 heavy (non-hydrogen) atoms. The third kappa shape index (κ3) is 9.89. The van der Waals surface area contributed by atoms with Crippen molar-refractivity contribution < 1.29 is 23.9 Å². The Hall–Kier alpha value is -2.83. The molecule has 1 amide bonds. The molecule has 0 spiro atoms. The molecule has 0 N–H and O–H groups in total. The number of nitriles is 1. The molecule has 0 saturated carbocycles. The number of unbranched alkanes of at least 4 members (excludes halogenated alkanes) is 4. The van der Waals surface area contributed by atoms with Gasteiger partial charge in [0.25, 0.3) is 5.91 Å². The van der Waals surface area contributed by atoms with Crippen molar-refractivity contribution in [1.82, 2.24) is 9.88 Å². The van der Waals surface area contributed by atoms with Crippen molar-refractivity contribution >= 4 is 17.7 Å². The molecule has 230 valence electrons. The summed E-state index contributed by atoms with van der Waals surface area (Å²) >= 11 is 0. The van der Waals surface area contributed by atoms with Crippen LogP contribution in [0.2, 0.25) is 0 Å². The first-order chi connectivity index (χ1) is 19.5. The highest BCUT2D eigenvalue weighted by atomic mass is 16.5. The third-order valence-electron chi connectivity index (χ3n) is 8.04. The molecule has 1 aliphatic heterocycles. The van der Waals surface area contributed by atoms with Crippen LogP contribution in [0, 0.1) is 17.4 Å².